The summed E-state index contributed by atoms with van der Waals surface area (Å²) in [5.74, 6) is 0.731. The Morgan fingerprint density at radius 1 is 1.24 bits per heavy atom. The lowest BCUT2D eigenvalue weighted by Gasteiger charge is -2.26. The molecule has 2 heterocycles. The first kappa shape index (κ1) is 18.0. The van der Waals surface area contributed by atoms with Crippen LogP contribution in [-0.4, -0.2) is 40.5 Å². The number of amides is 1. The van der Waals surface area contributed by atoms with Crippen molar-refractivity contribution in [2.75, 3.05) is 20.1 Å². The highest BCUT2D eigenvalue weighted by molar-refractivity contribution is 6.30. The van der Waals surface area contributed by atoms with Crippen molar-refractivity contribution in [1.82, 2.24) is 19.8 Å². The van der Waals surface area contributed by atoms with Crippen LogP contribution in [0.1, 0.15) is 37.0 Å². The van der Waals surface area contributed by atoms with Gasteiger partial charge >= 0.3 is 0 Å². The molecule has 1 aromatic heterocycles. The number of imidazole rings is 1. The molecule has 2 aromatic rings. The fourth-order valence-electron chi connectivity index (χ4n) is 2.92. The molecule has 1 aromatic carbocycles. The maximum atomic E-state index is 12.7. The van der Waals surface area contributed by atoms with Crippen LogP contribution < -0.4 is 5.32 Å². The number of carbonyl (C=O) groups excluding carboxylic acids is 1. The molecule has 5 nitrogen and oxygen atoms in total. The van der Waals surface area contributed by atoms with Gasteiger partial charge in [0.25, 0.3) is 5.91 Å². The predicted molar refractivity (Wildman–Crippen MR) is 101 cm³/mol. The Kier molecular flexibility index (Phi) is 4.89. The van der Waals surface area contributed by atoms with Crippen molar-refractivity contribution in [3.63, 3.8) is 0 Å². The molecule has 0 unspecified atom stereocenters. The maximum Gasteiger partial charge on any atom is 0.271 e. The Labute approximate surface area is 154 Å². The molecule has 3 rings (SSSR count). The molecule has 25 heavy (non-hydrogen) atoms. The Morgan fingerprint density at radius 2 is 1.92 bits per heavy atom. The summed E-state index contributed by atoms with van der Waals surface area (Å²) in [5.41, 5.74) is 2.52. The van der Waals surface area contributed by atoms with E-state index in [0.717, 1.165) is 36.7 Å². The van der Waals surface area contributed by atoms with Crippen molar-refractivity contribution >= 4 is 17.5 Å². The summed E-state index contributed by atoms with van der Waals surface area (Å²) < 4.78 is 2.16. The van der Waals surface area contributed by atoms with Crippen molar-refractivity contribution in [2.45, 2.75) is 33.9 Å². The summed E-state index contributed by atoms with van der Waals surface area (Å²) in [4.78, 5) is 19.7. The molecule has 6 heteroatoms. The zero-order valence-electron chi connectivity index (χ0n) is 15.3. The normalized spacial score (nSPS) is 15.1. The third-order valence-corrected chi connectivity index (χ3v) is 4.55. The molecule has 0 aliphatic carbocycles. The van der Waals surface area contributed by atoms with Gasteiger partial charge in [-0.3, -0.25) is 9.69 Å². The second-order valence-corrected chi connectivity index (χ2v) is 8.31. The fraction of sp³-hybridized carbons (Fsp3) is 0.474. The number of nitrogens with one attached hydrogen (secondary N) is 1. The number of fused-ring (bicyclic) bond motifs is 1. The topological polar surface area (TPSA) is 50.2 Å². The number of likely N-dealkylation sites (N-methyl/N-ethyl adjacent to an activating group) is 1. The van der Waals surface area contributed by atoms with Gasteiger partial charge in [0.2, 0.25) is 0 Å². The molecule has 0 bridgehead atoms. The molecule has 0 fully saturated rings. The van der Waals surface area contributed by atoms with E-state index in [9.17, 15) is 4.79 Å². The van der Waals surface area contributed by atoms with Crippen molar-refractivity contribution < 1.29 is 4.79 Å². The smallest absolute Gasteiger partial charge is 0.271 e. The Balaban J connectivity index is 1.98. The largest absolute Gasteiger partial charge is 0.350 e. The van der Waals surface area contributed by atoms with E-state index in [1.54, 1.807) is 0 Å². The van der Waals surface area contributed by atoms with Crippen LogP contribution in [0.2, 0.25) is 5.02 Å². The van der Waals surface area contributed by atoms with E-state index in [2.05, 4.69) is 42.6 Å². The van der Waals surface area contributed by atoms with Gasteiger partial charge in [-0.1, -0.05) is 32.4 Å². The van der Waals surface area contributed by atoms with Gasteiger partial charge in [-0.15, -0.1) is 0 Å². The van der Waals surface area contributed by atoms with E-state index in [1.165, 1.54) is 0 Å². The molecular formula is C19H25ClN4O. The molecule has 1 amide bonds. The van der Waals surface area contributed by atoms with Crippen molar-refractivity contribution in [3.8, 4) is 11.4 Å². The first-order chi connectivity index (χ1) is 11.7. The Bertz CT molecular complexity index is 774. The quantitative estimate of drug-likeness (QED) is 0.912. The lowest BCUT2D eigenvalue weighted by Crippen LogP contribution is -2.35. The minimum absolute atomic E-state index is 0.0330. The Hall–Kier alpha value is -1.85. The summed E-state index contributed by atoms with van der Waals surface area (Å²) in [7, 11) is 2.06. The van der Waals surface area contributed by atoms with Gasteiger partial charge in [0.05, 0.1) is 5.69 Å². The summed E-state index contributed by atoms with van der Waals surface area (Å²) in [6.07, 6.45) is 0. The van der Waals surface area contributed by atoms with E-state index >= 15 is 0 Å². The van der Waals surface area contributed by atoms with E-state index in [1.807, 2.05) is 24.3 Å². The lowest BCUT2D eigenvalue weighted by atomic mass is 9.97. The van der Waals surface area contributed by atoms with Gasteiger partial charge < -0.3 is 9.88 Å². The van der Waals surface area contributed by atoms with Crippen LogP contribution in [0.15, 0.2) is 24.3 Å². The first-order valence-electron chi connectivity index (χ1n) is 8.57. The standard InChI is InChI=1S/C19H25ClN4O/c1-19(2,3)12-21-18(25)16-15-11-23(4)9-10-24(15)17(22-16)13-5-7-14(20)8-6-13/h5-8H,9-12H2,1-4H3,(H,21,25). The third-order valence-electron chi connectivity index (χ3n) is 4.29. The van der Waals surface area contributed by atoms with Gasteiger partial charge in [0.1, 0.15) is 5.82 Å². The number of halogens is 1. The molecule has 134 valence electrons. The molecule has 0 saturated heterocycles. The van der Waals surface area contributed by atoms with Crippen LogP contribution in [0.3, 0.4) is 0 Å². The molecule has 0 atom stereocenters. The van der Waals surface area contributed by atoms with Crippen molar-refractivity contribution in [2.24, 2.45) is 5.41 Å². The average molecular weight is 361 g/mol. The van der Waals surface area contributed by atoms with Crippen LogP contribution in [0.5, 0.6) is 0 Å². The highest BCUT2D eigenvalue weighted by Gasteiger charge is 2.27. The van der Waals surface area contributed by atoms with E-state index < -0.39 is 0 Å². The van der Waals surface area contributed by atoms with Gasteiger partial charge in [-0.2, -0.15) is 0 Å². The van der Waals surface area contributed by atoms with E-state index in [-0.39, 0.29) is 11.3 Å². The maximum absolute atomic E-state index is 12.7. The molecule has 0 radical (unpaired) electrons. The SMILES string of the molecule is CN1CCn2c(-c3ccc(Cl)cc3)nc(C(=O)NCC(C)(C)C)c2C1. The highest BCUT2D eigenvalue weighted by atomic mass is 35.5. The molecule has 1 N–H and O–H groups in total. The van der Waals surface area contributed by atoms with Gasteiger partial charge in [-0.05, 0) is 36.7 Å². The molecular weight excluding hydrogens is 336 g/mol. The van der Waals surface area contributed by atoms with Crippen LogP contribution in [0, 0.1) is 5.41 Å². The third kappa shape index (κ3) is 4.05. The lowest BCUT2D eigenvalue weighted by molar-refractivity contribution is 0.0931. The number of hydrogen-bond donors (Lipinski definition) is 1. The number of nitrogens with zero attached hydrogens (tertiary/aromatic N) is 3. The second-order valence-electron chi connectivity index (χ2n) is 7.87. The summed E-state index contributed by atoms with van der Waals surface area (Å²) in [6.45, 7) is 9.40. The molecule has 1 aliphatic heterocycles. The minimum atomic E-state index is -0.103. The average Bonchev–Trinajstić information content (AvgIpc) is 2.91. The van der Waals surface area contributed by atoms with Gasteiger partial charge in [0.15, 0.2) is 5.69 Å². The van der Waals surface area contributed by atoms with E-state index in [4.69, 9.17) is 16.6 Å². The monoisotopic (exact) mass is 360 g/mol. The first-order valence-corrected chi connectivity index (χ1v) is 8.94. The number of hydrogen-bond acceptors (Lipinski definition) is 3. The van der Waals surface area contributed by atoms with Crippen LogP contribution in [0.25, 0.3) is 11.4 Å². The highest BCUT2D eigenvalue weighted by Crippen LogP contribution is 2.27. The number of rotatable bonds is 3. The van der Waals surface area contributed by atoms with Crippen LogP contribution in [0.4, 0.5) is 0 Å². The summed E-state index contributed by atoms with van der Waals surface area (Å²) in [6, 6.07) is 7.61. The van der Waals surface area contributed by atoms with Crippen molar-refractivity contribution in [1.29, 1.82) is 0 Å². The Morgan fingerprint density at radius 3 is 2.56 bits per heavy atom. The van der Waals surface area contributed by atoms with Gasteiger partial charge in [-0.25, -0.2) is 4.98 Å². The van der Waals surface area contributed by atoms with Crippen molar-refractivity contribution in [3.05, 3.63) is 40.7 Å². The number of benzene rings is 1. The minimum Gasteiger partial charge on any atom is -0.350 e. The van der Waals surface area contributed by atoms with Crippen LogP contribution in [-0.2, 0) is 13.1 Å². The molecule has 0 saturated carbocycles. The summed E-state index contributed by atoms with van der Waals surface area (Å²) in [5, 5.41) is 3.72. The van der Waals surface area contributed by atoms with Gasteiger partial charge in [0, 0.05) is 36.8 Å². The summed E-state index contributed by atoms with van der Waals surface area (Å²) >= 11 is 6.00. The predicted octanol–water partition coefficient (Wildman–Crippen LogP) is 3.42. The molecule has 1 aliphatic rings. The second kappa shape index (κ2) is 6.81. The fourth-order valence-corrected chi connectivity index (χ4v) is 3.05. The van der Waals surface area contributed by atoms with Crippen LogP contribution >= 0.6 is 11.6 Å². The zero-order chi connectivity index (χ0) is 18.2. The van der Waals surface area contributed by atoms with E-state index in [0.29, 0.717) is 17.3 Å². The molecule has 0 spiro atoms. The number of carbonyl (C=O) groups is 1. The number of aromatic nitrogens is 2. The zero-order valence-corrected chi connectivity index (χ0v) is 16.0.